The molecule has 114 valence electrons. The summed E-state index contributed by atoms with van der Waals surface area (Å²) in [7, 11) is 0. The summed E-state index contributed by atoms with van der Waals surface area (Å²) < 4.78 is 0. The molecule has 0 fully saturated rings. The average Bonchev–Trinajstić information content (AvgIpc) is 2.52. The summed E-state index contributed by atoms with van der Waals surface area (Å²) in [5, 5.41) is -2.02. The van der Waals surface area contributed by atoms with Gasteiger partial charge in [0, 0.05) is 27.8 Å². The molecule has 0 aliphatic rings. The van der Waals surface area contributed by atoms with Crippen LogP contribution < -0.4 is 0 Å². The Morgan fingerprint density at radius 3 is 1.65 bits per heavy atom. The number of benzene rings is 2. The molecule has 0 aliphatic heterocycles. The second-order valence-corrected chi connectivity index (χ2v) is 5.48. The van der Waals surface area contributed by atoms with Gasteiger partial charge in [0.15, 0.2) is 0 Å². The van der Waals surface area contributed by atoms with Gasteiger partial charge in [-0.3, -0.25) is 14.4 Å². The summed E-state index contributed by atoms with van der Waals surface area (Å²) >= 11 is 16.3. The summed E-state index contributed by atoms with van der Waals surface area (Å²) in [5.74, 6) is 5.61. The van der Waals surface area contributed by atoms with Crippen molar-refractivity contribution in [1.29, 1.82) is 0 Å². The van der Waals surface area contributed by atoms with E-state index in [1.807, 2.05) is 0 Å². The molecule has 2 aromatic rings. The van der Waals surface area contributed by atoms with Crippen molar-refractivity contribution in [2.45, 2.75) is 0 Å². The van der Waals surface area contributed by atoms with Crippen molar-refractivity contribution in [1.82, 2.24) is 0 Å². The highest BCUT2D eigenvalue weighted by Crippen LogP contribution is 2.14. The maximum absolute atomic E-state index is 11.3. The monoisotopic (exact) mass is 364 g/mol. The van der Waals surface area contributed by atoms with Crippen LogP contribution in [0.3, 0.4) is 0 Å². The Bertz CT molecular complexity index is 844. The molecule has 0 saturated heterocycles. The normalized spacial score (nSPS) is 9.70. The molecule has 0 spiro atoms. The lowest BCUT2D eigenvalue weighted by atomic mass is 10.1. The first-order valence-electron chi connectivity index (χ1n) is 6.23. The molecule has 2 aromatic carbocycles. The van der Waals surface area contributed by atoms with Gasteiger partial charge in [-0.2, -0.15) is 0 Å². The minimum Gasteiger partial charge on any atom is -0.276 e. The van der Waals surface area contributed by atoms with Gasteiger partial charge in [0.2, 0.25) is 0 Å². The van der Waals surface area contributed by atoms with Crippen LogP contribution in [0.5, 0.6) is 0 Å². The maximum atomic E-state index is 11.3. The van der Waals surface area contributed by atoms with Gasteiger partial charge in [0.25, 0.3) is 15.7 Å². The lowest BCUT2D eigenvalue weighted by molar-refractivity contribution is 0.107. The van der Waals surface area contributed by atoms with Gasteiger partial charge in [-0.05, 0) is 65.1 Å². The molecule has 0 heterocycles. The van der Waals surface area contributed by atoms with Crippen LogP contribution >= 0.6 is 34.8 Å². The van der Waals surface area contributed by atoms with E-state index in [9.17, 15) is 14.4 Å². The van der Waals surface area contributed by atoms with Crippen LogP contribution in [-0.2, 0) is 0 Å². The van der Waals surface area contributed by atoms with Crippen LogP contribution in [0.25, 0.3) is 0 Å². The number of hydrogen-bond acceptors (Lipinski definition) is 3. The van der Waals surface area contributed by atoms with Gasteiger partial charge < -0.3 is 0 Å². The molecule has 0 atom stereocenters. The summed E-state index contributed by atoms with van der Waals surface area (Å²) in [5.41, 5.74) is 1.50. The zero-order valence-electron chi connectivity index (χ0n) is 11.4. The van der Waals surface area contributed by atoms with E-state index in [0.717, 1.165) is 0 Å². The quantitative estimate of drug-likeness (QED) is 0.604. The van der Waals surface area contributed by atoms with E-state index in [1.165, 1.54) is 24.3 Å². The molecule has 0 aliphatic carbocycles. The molecule has 23 heavy (non-hydrogen) atoms. The largest absolute Gasteiger partial charge is 0.276 e. The molecule has 0 radical (unpaired) electrons. The van der Waals surface area contributed by atoms with Gasteiger partial charge in [-0.15, -0.1) is 0 Å². The molecule has 0 N–H and O–H groups in total. The fourth-order valence-corrected chi connectivity index (χ4v) is 2.13. The average molecular weight is 366 g/mol. The first-order valence-corrected chi connectivity index (χ1v) is 7.37. The Labute approximate surface area is 147 Å². The Kier molecular flexibility index (Phi) is 5.57. The van der Waals surface area contributed by atoms with E-state index >= 15 is 0 Å². The van der Waals surface area contributed by atoms with Gasteiger partial charge in [-0.25, -0.2) is 0 Å². The lowest BCUT2D eigenvalue weighted by Crippen LogP contribution is -1.96. The smallest absolute Gasteiger partial charge is 0.252 e. The van der Waals surface area contributed by atoms with Crippen LogP contribution in [-0.4, -0.2) is 15.7 Å². The van der Waals surface area contributed by atoms with Crippen LogP contribution in [0.15, 0.2) is 42.5 Å². The topological polar surface area (TPSA) is 51.2 Å². The Morgan fingerprint density at radius 1 is 0.652 bits per heavy atom. The molecule has 0 unspecified atom stereocenters. The molecule has 3 nitrogen and oxygen atoms in total. The molecular weight excluding hydrogens is 359 g/mol. The molecule has 0 aromatic heterocycles. The number of carbonyl (C=O) groups excluding carboxylic acids is 3. The predicted molar refractivity (Wildman–Crippen MR) is 89.4 cm³/mol. The van der Waals surface area contributed by atoms with E-state index in [1.54, 1.807) is 18.2 Å². The second kappa shape index (κ2) is 7.43. The van der Waals surface area contributed by atoms with Crippen molar-refractivity contribution < 1.29 is 14.4 Å². The SMILES string of the molecule is O=C(Cl)c1cccc(C#Cc2cc(C(=O)Cl)cc(C(=O)Cl)c2)c1. The van der Waals surface area contributed by atoms with Gasteiger partial charge >= 0.3 is 0 Å². The van der Waals surface area contributed by atoms with Crippen LogP contribution in [0, 0.1) is 11.8 Å². The van der Waals surface area contributed by atoms with Gasteiger partial charge in [0.05, 0.1) is 0 Å². The van der Waals surface area contributed by atoms with E-state index in [-0.39, 0.29) is 11.1 Å². The minimum absolute atomic E-state index is 0.118. The fraction of sp³-hybridized carbons (Fsp3) is 0. The van der Waals surface area contributed by atoms with E-state index in [0.29, 0.717) is 16.7 Å². The van der Waals surface area contributed by atoms with Gasteiger partial charge in [-0.1, -0.05) is 24.0 Å². The predicted octanol–water partition coefficient (Wildman–Crippen LogP) is 4.22. The summed E-state index contributed by atoms with van der Waals surface area (Å²) in [6, 6.07) is 10.6. The standard InChI is InChI=1S/C17H7Cl3O3/c18-15(21)12-3-1-2-10(6-12)4-5-11-7-13(16(19)22)9-14(8-11)17(20)23/h1-3,6-9H. The van der Waals surface area contributed by atoms with E-state index in [2.05, 4.69) is 11.8 Å². The first-order chi connectivity index (χ1) is 10.9. The van der Waals surface area contributed by atoms with Crippen molar-refractivity contribution in [2.75, 3.05) is 0 Å². The molecule has 0 saturated carbocycles. The highest BCUT2D eigenvalue weighted by atomic mass is 35.5. The van der Waals surface area contributed by atoms with Crippen molar-refractivity contribution in [3.8, 4) is 11.8 Å². The third-order valence-corrected chi connectivity index (χ3v) is 3.48. The van der Waals surface area contributed by atoms with E-state index < -0.39 is 15.7 Å². The summed E-state index contributed by atoms with van der Waals surface area (Å²) in [4.78, 5) is 33.7. The van der Waals surface area contributed by atoms with Crippen molar-refractivity contribution >= 4 is 50.5 Å². The Morgan fingerprint density at radius 2 is 1.13 bits per heavy atom. The fourth-order valence-electron chi connectivity index (χ4n) is 1.79. The molecule has 0 amide bonds. The highest BCUT2D eigenvalue weighted by Gasteiger charge is 2.09. The number of rotatable bonds is 3. The molecule has 2 rings (SSSR count). The maximum Gasteiger partial charge on any atom is 0.252 e. The number of halogens is 3. The van der Waals surface area contributed by atoms with E-state index in [4.69, 9.17) is 34.8 Å². The summed E-state index contributed by atoms with van der Waals surface area (Å²) in [6.45, 7) is 0. The van der Waals surface area contributed by atoms with Crippen LogP contribution in [0.1, 0.15) is 42.2 Å². The molecular formula is C17H7Cl3O3. The third kappa shape index (κ3) is 4.67. The zero-order valence-corrected chi connectivity index (χ0v) is 13.7. The van der Waals surface area contributed by atoms with Crippen LogP contribution in [0.4, 0.5) is 0 Å². The first kappa shape index (κ1) is 17.2. The summed E-state index contributed by atoms with van der Waals surface area (Å²) in [6.07, 6.45) is 0. The van der Waals surface area contributed by atoms with Gasteiger partial charge in [0.1, 0.15) is 0 Å². The third-order valence-electron chi connectivity index (χ3n) is 2.83. The molecule has 0 bridgehead atoms. The number of carbonyl (C=O) groups is 3. The van der Waals surface area contributed by atoms with Crippen molar-refractivity contribution in [3.63, 3.8) is 0 Å². The Balaban J connectivity index is 2.44. The lowest BCUT2D eigenvalue weighted by Gasteiger charge is -2.00. The Hall–Kier alpha value is -2.12. The van der Waals surface area contributed by atoms with Crippen molar-refractivity contribution in [3.05, 3.63) is 70.3 Å². The highest BCUT2D eigenvalue weighted by molar-refractivity contribution is 6.69. The zero-order chi connectivity index (χ0) is 17.0. The molecule has 6 heteroatoms. The van der Waals surface area contributed by atoms with Crippen LogP contribution in [0.2, 0.25) is 0 Å². The number of hydrogen-bond donors (Lipinski definition) is 0. The van der Waals surface area contributed by atoms with Crippen molar-refractivity contribution in [2.24, 2.45) is 0 Å². The second-order valence-electron chi connectivity index (χ2n) is 4.45. The minimum atomic E-state index is -0.720.